The average Bonchev–Trinajstić information content (AvgIpc) is 2.01. The Labute approximate surface area is 78.2 Å². The first-order valence-electron chi connectivity index (χ1n) is 4.53. The summed E-state index contributed by atoms with van der Waals surface area (Å²) in [5.41, 5.74) is 0. The molecule has 2 rings (SSSR count). The molecule has 2 heterocycles. The first-order valence-corrected chi connectivity index (χ1v) is 4.53. The molecule has 1 aliphatic heterocycles. The van der Waals surface area contributed by atoms with Crippen LogP contribution in [0.4, 0.5) is 11.8 Å². The van der Waals surface area contributed by atoms with Gasteiger partial charge in [-0.15, -0.1) is 0 Å². The van der Waals surface area contributed by atoms with Crippen LogP contribution in [0.1, 0.15) is 6.42 Å². The second kappa shape index (κ2) is 3.20. The Balaban J connectivity index is 2.21. The summed E-state index contributed by atoms with van der Waals surface area (Å²) in [4.78, 5) is 12.8. The summed E-state index contributed by atoms with van der Waals surface area (Å²) in [5, 5.41) is 0. The standard InChI is InChI=1S/C9H14N4/c1-12(2)8-4-5-10-9(11-8)13-6-3-7-13/h4-5H,3,6-7H2,1-2H3. The molecule has 70 valence electrons. The van der Waals surface area contributed by atoms with E-state index >= 15 is 0 Å². The highest BCUT2D eigenvalue weighted by molar-refractivity contribution is 5.43. The molecule has 1 aromatic heterocycles. The third-order valence-corrected chi connectivity index (χ3v) is 2.23. The number of hydrogen-bond donors (Lipinski definition) is 0. The van der Waals surface area contributed by atoms with Crippen molar-refractivity contribution < 1.29 is 0 Å². The summed E-state index contributed by atoms with van der Waals surface area (Å²) in [6, 6.07) is 1.92. The number of rotatable bonds is 2. The van der Waals surface area contributed by atoms with Crippen molar-refractivity contribution in [3.63, 3.8) is 0 Å². The van der Waals surface area contributed by atoms with Crippen molar-refractivity contribution in [2.24, 2.45) is 0 Å². The summed E-state index contributed by atoms with van der Waals surface area (Å²) < 4.78 is 0. The van der Waals surface area contributed by atoms with E-state index in [1.807, 2.05) is 31.3 Å². The van der Waals surface area contributed by atoms with Crippen LogP contribution in [0.5, 0.6) is 0 Å². The van der Waals surface area contributed by atoms with Crippen LogP contribution in [-0.4, -0.2) is 37.2 Å². The van der Waals surface area contributed by atoms with Crippen molar-refractivity contribution in [3.8, 4) is 0 Å². The van der Waals surface area contributed by atoms with Gasteiger partial charge in [-0.2, -0.15) is 4.98 Å². The zero-order chi connectivity index (χ0) is 9.26. The monoisotopic (exact) mass is 178 g/mol. The number of nitrogens with zero attached hydrogens (tertiary/aromatic N) is 4. The molecular weight excluding hydrogens is 164 g/mol. The minimum atomic E-state index is 0.859. The van der Waals surface area contributed by atoms with Crippen LogP contribution in [0.15, 0.2) is 12.3 Å². The topological polar surface area (TPSA) is 32.3 Å². The number of aromatic nitrogens is 2. The van der Waals surface area contributed by atoms with Gasteiger partial charge in [0.15, 0.2) is 0 Å². The molecule has 0 spiro atoms. The van der Waals surface area contributed by atoms with E-state index in [4.69, 9.17) is 0 Å². The number of hydrogen-bond acceptors (Lipinski definition) is 4. The van der Waals surface area contributed by atoms with Crippen molar-refractivity contribution >= 4 is 11.8 Å². The second-order valence-corrected chi connectivity index (χ2v) is 3.45. The third kappa shape index (κ3) is 1.56. The predicted octanol–water partition coefficient (Wildman–Crippen LogP) is 0.753. The van der Waals surface area contributed by atoms with Crippen LogP contribution >= 0.6 is 0 Å². The van der Waals surface area contributed by atoms with Crippen LogP contribution in [0.2, 0.25) is 0 Å². The van der Waals surface area contributed by atoms with Crippen molar-refractivity contribution in [1.82, 2.24) is 9.97 Å². The second-order valence-electron chi connectivity index (χ2n) is 3.45. The summed E-state index contributed by atoms with van der Waals surface area (Å²) in [7, 11) is 3.98. The molecule has 4 heteroatoms. The summed E-state index contributed by atoms with van der Waals surface area (Å²) >= 11 is 0. The molecule has 0 unspecified atom stereocenters. The van der Waals surface area contributed by atoms with Crippen LogP contribution in [0.25, 0.3) is 0 Å². The fraction of sp³-hybridized carbons (Fsp3) is 0.556. The van der Waals surface area contributed by atoms with Gasteiger partial charge in [-0.05, 0) is 12.5 Å². The van der Waals surface area contributed by atoms with Crippen LogP contribution in [-0.2, 0) is 0 Å². The van der Waals surface area contributed by atoms with E-state index in [1.165, 1.54) is 6.42 Å². The Bertz CT molecular complexity index is 293. The van der Waals surface area contributed by atoms with Gasteiger partial charge in [0.2, 0.25) is 5.95 Å². The first kappa shape index (κ1) is 8.29. The zero-order valence-corrected chi connectivity index (χ0v) is 8.06. The lowest BCUT2D eigenvalue weighted by molar-refractivity contribution is 0.600. The third-order valence-electron chi connectivity index (χ3n) is 2.23. The molecule has 0 amide bonds. The van der Waals surface area contributed by atoms with Crippen LogP contribution in [0, 0.1) is 0 Å². The van der Waals surface area contributed by atoms with E-state index < -0.39 is 0 Å². The SMILES string of the molecule is CN(C)c1ccnc(N2CCC2)n1. The summed E-state index contributed by atoms with van der Waals surface area (Å²) in [6.07, 6.45) is 3.07. The van der Waals surface area contributed by atoms with E-state index in [0.29, 0.717) is 0 Å². The van der Waals surface area contributed by atoms with E-state index in [2.05, 4.69) is 14.9 Å². The molecule has 0 N–H and O–H groups in total. The van der Waals surface area contributed by atoms with Crippen molar-refractivity contribution in [1.29, 1.82) is 0 Å². The van der Waals surface area contributed by atoms with Crippen molar-refractivity contribution in [2.75, 3.05) is 37.0 Å². The molecule has 0 aromatic carbocycles. The van der Waals surface area contributed by atoms with Gasteiger partial charge in [-0.3, -0.25) is 0 Å². The molecular formula is C9H14N4. The molecule has 1 aliphatic rings. The van der Waals surface area contributed by atoms with E-state index in [9.17, 15) is 0 Å². The maximum absolute atomic E-state index is 4.44. The van der Waals surface area contributed by atoms with Crippen LogP contribution in [0.3, 0.4) is 0 Å². The highest BCUT2D eigenvalue weighted by atomic mass is 15.3. The van der Waals surface area contributed by atoms with Crippen molar-refractivity contribution in [2.45, 2.75) is 6.42 Å². The lowest BCUT2D eigenvalue weighted by Crippen LogP contribution is -2.38. The smallest absolute Gasteiger partial charge is 0.227 e. The molecule has 1 aromatic rings. The Morgan fingerprint density at radius 2 is 2.15 bits per heavy atom. The molecule has 1 fully saturated rings. The van der Waals surface area contributed by atoms with E-state index in [-0.39, 0.29) is 0 Å². The first-order chi connectivity index (χ1) is 6.27. The summed E-state index contributed by atoms with van der Waals surface area (Å²) in [6.45, 7) is 2.19. The largest absolute Gasteiger partial charge is 0.363 e. The Hall–Kier alpha value is -1.32. The molecule has 1 saturated heterocycles. The fourth-order valence-electron chi connectivity index (χ4n) is 1.26. The number of anilines is 2. The average molecular weight is 178 g/mol. The molecule has 13 heavy (non-hydrogen) atoms. The summed E-state index contributed by atoms with van der Waals surface area (Å²) in [5.74, 6) is 1.83. The highest BCUT2D eigenvalue weighted by Crippen LogP contribution is 2.17. The minimum absolute atomic E-state index is 0.859. The quantitative estimate of drug-likeness (QED) is 0.669. The van der Waals surface area contributed by atoms with Crippen LogP contribution < -0.4 is 9.80 Å². The molecule has 0 atom stereocenters. The molecule has 4 nitrogen and oxygen atoms in total. The van der Waals surface area contributed by atoms with Gasteiger partial charge in [-0.1, -0.05) is 0 Å². The predicted molar refractivity (Wildman–Crippen MR) is 53.2 cm³/mol. The van der Waals surface area contributed by atoms with Gasteiger partial charge in [0.1, 0.15) is 5.82 Å². The Kier molecular flexibility index (Phi) is 2.04. The van der Waals surface area contributed by atoms with E-state index in [0.717, 1.165) is 24.9 Å². The molecule has 0 aliphatic carbocycles. The lowest BCUT2D eigenvalue weighted by Gasteiger charge is -2.31. The lowest BCUT2D eigenvalue weighted by atomic mass is 10.2. The zero-order valence-electron chi connectivity index (χ0n) is 8.06. The van der Waals surface area contributed by atoms with Gasteiger partial charge in [0, 0.05) is 33.4 Å². The van der Waals surface area contributed by atoms with E-state index in [1.54, 1.807) is 0 Å². The molecule has 0 radical (unpaired) electrons. The van der Waals surface area contributed by atoms with Gasteiger partial charge in [0.25, 0.3) is 0 Å². The highest BCUT2D eigenvalue weighted by Gasteiger charge is 2.17. The van der Waals surface area contributed by atoms with Crippen molar-refractivity contribution in [3.05, 3.63) is 12.3 Å². The molecule has 0 bridgehead atoms. The minimum Gasteiger partial charge on any atom is -0.363 e. The normalized spacial score (nSPS) is 15.4. The Morgan fingerprint density at radius 1 is 1.38 bits per heavy atom. The maximum atomic E-state index is 4.44. The van der Waals surface area contributed by atoms with Gasteiger partial charge >= 0.3 is 0 Å². The molecule has 0 saturated carbocycles. The fourth-order valence-corrected chi connectivity index (χ4v) is 1.26. The Morgan fingerprint density at radius 3 is 2.69 bits per heavy atom. The maximum Gasteiger partial charge on any atom is 0.227 e. The van der Waals surface area contributed by atoms with Gasteiger partial charge in [0.05, 0.1) is 0 Å². The van der Waals surface area contributed by atoms with Gasteiger partial charge in [-0.25, -0.2) is 4.98 Å². The van der Waals surface area contributed by atoms with Gasteiger partial charge < -0.3 is 9.80 Å².